The molecule has 0 saturated heterocycles. The first kappa shape index (κ1) is 20.3. The maximum atomic E-state index is 11.5. The molecule has 0 bridgehead atoms. The number of amides is 1. The number of aromatic amines is 1. The molecule has 32 heavy (non-hydrogen) atoms. The minimum Gasteiger partial charge on any atom is -0.480 e. The third kappa shape index (κ3) is 3.74. The van der Waals surface area contributed by atoms with Gasteiger partial charge in [0.25, 0.3) is 0 Å². The first-order chi connectivity index (χ1) is 15.4. The number of carbonyl (C=O) groups excluding carboxylic acids is 1. The van der Waals surface area contributed by atoms with Crippen LogP contribution in [0.2, 0.25) is 0 Å². The van der Waals surface area contributed by atoms with Gasteiger partial charge in [-0.05, 0) is 56.4 Å². The predicted octanol–water partition coefficient (Wildman–Crippen LogP) is 3.53. The number of rotatable bonds is 5. The summed E-state index contributed by atoms with van der Waals surface area (Å²) in [6.07, 6.45) is 9.34. The molecule has 1 saturated carbocycles. The number of methoxy groups -OCH3 is 1. The van der Waals surface area contributed by atoms with Crippen molar-refractivity contribution in [3.63, 3.8) is 0 Å². The second-order valence-corrected chi connectivity index (χ2v) is 8.76. The Morgan fingerprint density at radius 1 is 1.28 bits per heavy atom. The average molecular weight is 434 g/mol. The van der Waals surface area contributed by atoms with E-state index >= 15 is 0 Å². The monoisotopic (exact) mass is 433 g/mol. The lowest BCUT2D eigenvalue weighted by Crippen LogP contribution is -2.49. The Balaban J connectivity index is 1.40. The SMILES string of the molecule is COc1nc(NC2CCC(C)(NC(C)=O)CC2)nc2[nH]cc(-c3ccn4nccc4c3)c12. The lowest BCUT2D eigenvalue weighted by molar-refractivity contribution is -0.121. The standard InChI is InChI=1S/C23H27N7O2/c1-14(31)29-23(2)8-4-16(5-9-23)26-22-27-20-19(21(28-22)32-3)18(13-24-20)15-7-11-30-17(12-15)6-10-25-30/h6-7,10-13,16H,4-5,8-9H2,1-3H3,(H,29,31)(H2,24,26,27,28). The van der Waals surface area contributed by atoms with Crippen LogP contribution in [0.5, 0.6) is 5.88 Å². The van der Waals surface area contributed by atoms with Gasteiger partial charge < -0.3 is 20.4 Å². The van der Waals surface area contributed by atoms with E-state index in [2.05, 4.69) is 38.7 Å². The summed E-state index contributed by atoms with van der Waals surface area (Å²) in [6.45, 7) is 3.68. The van der Waals surface area contributed by atoms with E-state index in [-0.39, 0.29) is 17.5 Å². The highest BCUT2D eigenvalue weighted by Crippen LogP contribution is 2.35. The highest BCUT2D eigenvalue weighted by atomic mass is 16.5. The summed E-state index contributed by atoms with van der Waals surface area (Å²) in [6, 6.07) is 6.31. The van der Waals surface area contributed by atoms with Gasteiger partial charge in [0.05, 0.1) is 18.0 Å². The zero-order valence-electron chi connectivity index (χ0n) is 18.5. The number of fused-ring (bicyclic) bond motifs is 2. The van der Waals surface area contributed by atoms with Crippen LogP contribution in [0, 0.1) is 0 Å². The van der Waals surface area contributed by atoms with Gasteiger partial charge in [0.1, 0.15) is 5.65 Å². The summed E-state index contributed by atoms with van der Waals surface area (Å²) in [5.41, 5.74) is 3.62. The fourth-order valence-electron chi connectivity index (χ4n) is 4.66. The molecule has 9 nitrogen and oxygen atoms in total. The third-order valence-corrected chi connectivity index (χ3v) is 6.30. The molecule has 4 heterocycles. The normalized spacial score (nSPS) is 21.0. The Bertz CT molecular complexity index is 1280. The lowest BCUT2D eigenvalue weighted by Gasteiger charge is -2.38. The minimum absolute atomic E-state index is 0.0207. The number of hydrogen-bond acceptors (Lipinski definition) is 6. The molecule has 0 atom stereocenters. The van der Waals surface area contributed by atoms with Crippen LogP contribution in [-0.2, 0) is 4.79 Å². The molecule has 0 spiro atoms. The Morgan fingerprint density at radius 2 is 2.09 bits per heavy atom. The van der Waals surface area contributed by atoms with E-state index in [4.69, 9.17) is 9.72 Å². The molecule has 3 N–H and O–H groups in total. The van der Waals surface area contributed by atoms with E-state index in [1.165, 1.54) is 0 Å². The molecule has 166 valence electrons. The van der Waals surface area contributed by atoms with Gasteiger partial charge in [-0.15, -0.1) is 0 Å². The Kier molecular flexibility index (Phi) is 4.96. The molecule has 4 aromatic rings. The first-order valence-corrected chi connectivity index (χ1v) is 10.9. The maximum Gasteiger partial charge on any atom is 0.228 e. The molecule has 0 unspecified atom stereocenters. The number of anilines is 1. The molecule has 9 heteroatoms. The van der Waals surface area contributed by atoms with E-state index in [0.717, 1.165) is 53.4 Å². The van der Waals surface area contributed by atoms with Crippen molar-refractivity contribution in [2.45, 2.75) is 51.1 Å². The van der Waals surface area contributed by atoms with Crippen molar-refractivity contribution in [2.75, 3.05) is 12.4 Å². The van der Waals surface area contributed by atoms with Gasteiger partial charge in [-0.25, -0.2) is 4.52 Å². The minimum atomic E-state index is -0.141. The quantitative estimate of drug-likeness (QED) is 0.444. The summed E-state index contributed by atoms with van der Waals surface area (Å²) >= 11 is 0. The summed E-state index contributed by atoms with van der Waals surface area (Å²) < 4.78 is 7.48. The molecule has 1 aliphatic carbocycles. The lowest BCUT2D eigenvalue weighted by atomic mass is 9.81. The largest absolute Gasteiger partial charge is 0.480 e. The number of pyridine rings is 1. The molecule has 1 fully saturated rings. The van der Waals surface area contributed by atoms with Crippen LogP contribution < -0.4 is 15.4 Å². The maximum absolute atomic E-state index is 11.5. The van der Waals surface area contributed by atoms with Gasteiger partial charge in [-0.2, -0.15) is 15.1 Å². The van der Waals surface area contributed by atoms with Crippen molar-refractivity contribution >= 4 is 28.4 Å². The van der Waals surface area contributed by atoms with E-state index in [9.17, 15) is 4.79 Å². The van der Waals surface area contributed by atoms with Gasteiger partial charge in [0.2, 0.25) is 17.7 Å². The van der Waals surface area contributed by atoms with Gasteiger partial charge in [0, 0.05) is 42.7 Å². The molecule has 1 aliphatic rings. The van der Waals surface area contributed by atoms with Crippen LogP contribution in [0.15, 0.2) is 36.8 Å². The van der Waals surface area contributed by atoms with Gasteiger partial charge in [-0.3, -0.25) is 4.79 Å². The van der Waals surface area contributed by atoms with Gasteiger partial charge in [-0.1, -0.05) is 0 Å². The highest BCUT2D eigenvalue weighted by Gasteiger charge is 2.32. The van der Waals surface area contributed by atoms with Crippen molar-refractivity contribution in [3.8, 4) is 17.0 Å². The van der Waals surface area contributed by atoms with Crippen LogP contribution >= 0.6 is 0 Å². The molecule has 0 aliphatic heterocycles. The molecule has 5 rings (SSSR count). The zero-order valence-corrected chi connectivity index (χ0v) is 18.5. The smallest absolute Gasteiger partial charge is 0.228 e. The number of H-pyrrole nitrogens is 1. The van der Waals surface area contributed by atoms with Crippen molar-refractivity contribution in [1.29, 1.82) is 0 Å². The Morgan fingerprint density at radius 3 is 2.84 bits per heavy atom. The van der Waals surface area contributed by atoms with Gasteiger partial charge in [0.15, 0.2) is 0 Å². The highest BCUT2D eigenvalue weighted by molar-refractivity contribution is 5.98. The third-order valence-electron chi connectivity index (χ3n) is 6.30. The number of nitrogens with one attached hydrogen (secondary N) is 3. The molecule has 0 radical (unpaired) electrons. The summed E-state index contributed by atoms with van der Waals surface area (Å²) in [7, 11) is 1.63. The zero-order chi connectivity index (χ0) is 22.3. The van der Waals surface area contributed by atoms with E-state index in [1.54, 1.807) is 20.2 Å². The Hall–Kier alpha value is -3.62. The molecular formula is C23H27N7O2. The van der Waals surface area contributed by atoms with E-state index in [0.29, 0.717) is 11.8 Å². The molecule has 0 aromatic carbocycles. The number of ether oxygens (including phenoxy) is 1. The van der Waals surface area contributed by atoms with Crippen molar-refractivity contribution in [3.05, 3.63) is 36.8 Å². The van der Waals surface area contributed by atoms with Crippen LogP contribution in [0.25, 0.3) is 27.7 Å². The second-order valence-electron chi connectivity index (χ2n) is 8.76. The summed E-state index contributed by atoms with van der Waals surface area (Å²) in [5, 5.41) is 11.7. The predicted molar refractivity (Wildman–Crippen MR) is 123 cm³/mol. The number of nitrogens with zero attached hydrogens (tertiary/aromatic N) is 4. The number of carbonyl (C=O) groups is 1. The van der Waals surface area contributed by atoms with Crippen molar-refractivity contribution < 1.29 is 9.53 Å². The molecular weight excluding hydrogens is 406 g/mol. The topological polar surface area (TPSA) is 109 Å². The van der Waals surface area contributed by atoms with Gasteiger partial charge >= 0.3 is 0 Å². The van der Waals surface area contributed by atoms with Crippen LogP contribution in [0.4, 0.5) is 5.95 Å². The van der Waals surface area contributed by atoms with Crippen LogP contribution in [-0.4, -0.2) is 49.2 Å². The summed E-state index contributed by atoms with van der Waals surface area (Å²) in [4.78, 5) is 24.1. The van der Waals surface area contributed by atoms with E-state index < -0.39 is 0 Å². The number of hydrogen-bond donors (Lipinski definition) is 3. The fourth-order valence-corrected chi connectivity index (χ4v) is 4.66. The average Bonchev–Trinajstić information content (AvgIpc) is 3.40. The van der Waals surface area contributed by atoms with Crippen LogP contribution in [0.3, 0.4) is 0 Å². The van der Waals surface area contributed by atoms with Crippen LogP contribution in [0.1, 0.15) is 39.5 Å². The summed E-state index contributed by atoms with van der Waals surface area (Å²) in [5.74, 6) is 1.09. The fraction of sp³-hybridized carbons (Fsp3) is 0.391. The molecule has 1 amide bonds. The first-order valence-electron chi connectivity index (χ1n) is 10.9. The Labute approximate surface area is 185 Å². The van der Waals surface area contributed by atoms with Crippen molar-refractivity contribution in [1.82, 2.24) is 29.9 Å². The van der Waals surface area contributed by atoms with E-state index in [1.807, 2.05) is 29.0 Å². The number of aromatic nitrogens is 5. The second kappa shape index (κ2) is 7.81. The molecule has 4 aromatic heterocycles. The van der Waals surface area contributed by atoms with Crippen molar-refractivity contribution in [2.24, 2.45) is 0 Å².